The highest BCUT2D eigenvalue weighted by Crippen LogP contribution is 2.29. The van der Waals surface area contributed by atoms with Crippen molar-refractivity contribution in [2.24, 2.45) is 0 Å². The Balaban J connectivity index is 2.11. The van der Waals surface area contributed by atoms with Crippen LogP contribution in [0.25, 0.3) is 0 Å². The summed E-state index contributed by atoms with van der Waals surface area (Å²) in [6.07, 6.45) is 0. The molecule has 0 aliphatic rings. The molecule has 0 aromatic heterocycles. The van der Waals surface area contributed by atoms with Gasteiger partial charge in [-0.15, -0.1) is 0 Å². The second kappa shape index (κ2) is 8.37. The Morgan fingerprint density at radius 2 is 1.68 bits per heavy atom. The Hall–Kier alpha value is -2.04. The van der Waals surface area contributed by atoms with Crippen LogP contribution in [0, 0.1) is 13.8 Å². The van der Waals surface area contributed by atoms with Crippen LogP contribution in [0.4, 0.5) is 5.69 Å². The first-order valence-corrected chi connectivity index (χ1v) is 8.69. The molecule has 1 N–H and O–H groups in total. The predicted molar refractivity (Wildman–Crippen MR) is 103 cm³/mol. The summed E-state index contributed by atoms with van der Waals surface area (Å²) in [5, 5.41) is 3.38. The van der Waals surface area contributed by atoms with Crippen molar-refractivity contribution in [3.8, 4) is 0 Å². The lowest BCUT2D eigenvalue weighted by Gasteiger charge is -2.21. The van der Waals surface area contributed by atoms with Crippen LogP contribution in [0.2, 0.25) is 10.0 Å². The summed E-state index contributed by atoms with van der Waals surface area (Å²) in [5.41, 5.74) is 3.07. The van der Waals surface area contributed by atoms with E-state index < -0.39 is 0 Å². The third-order valence-electron chi connectivity index (χ3n) is 3.98. The number of amides is 2. The van der Waals surface area contributed by atoms with Crippen molar-refractivity contribution in [1.29, 1.82) is 0 Å². The fourth-order valence-corrected chi connectivity index (χ4v) is 2.85. The molecule has 25 heavy (non-hydrogen) atoms. The first-order chi connectivity index (χ1) is 11.8. The monoisotopic (exact) mass is 378 g/mol. The van der Waals surface area contributed by atoms with Gasteiger partial charge in [0.15, 0.2) is 0 Å². The SMILES string of the molecule is CCN(CC(=O)Nc1c(Cl)cccc1Cl)C(=O)c1ccc(C)c(C)c1. The molecular formula is C19H20Cl2N2O2. The molecule has 0 heterocycles. The number of hydrogen-bond donors (Lipinski definition) is 1. The van der Waals surface area contributed by atoms with Gasteiger partial charge in [-0.2, -0.15) is 0 Å². The van der Waals surface area contributed by atoms with Gasteiger partial charge in [-0.3, -0.25) is 9.59 Å². The fraction of sp³-hybridized carbons (Fsp3) is 0.263. The van der Waals surface area contributed by atoms with Gasteiger partial charge in [0, 0.05) is 12.1 Å². The predicted octanol–water partition coefficient (Wildman–Crippen LogP) is 4.71. The number of anilines is 1. The summed E-state index contributed by atoms with van der Waals surface area (Å²) in [4.78, 5) is 26.5. The van der Waals surface area contributed by atoms with E-state index in [9.17, 15) is 9.59 Å². The highest BCUT2D eigenvalue weighted by Gasteiger charge is 2.19. The minimum absolute atomic E-state index is 0.0796. The van der Waals surface area contributed by atoms with E-state index in [0.717, 1.165) is 11.1 Å². The summed E-state index contributed by atoms with van der Waals surface area (Å²) < 4.78 is 0. The van der Waals surface area contributed by atoms with E-state index in [0.29, 0.717) is 27.8 Å². The quantitative estimate of drug-likeness (QED) is 0.818. The normalized spacial score (nSPS) is 10.4. The van der Waals surface area contributed by atoms with Crippen molar-refractivity contribution in [2.75, 3.05) is 18.4 Å². The number of rotatable bonds is 5. The Morgan fingerprint density at radius 3 is 2.24 bits per heavy atom. The zero-order valence-corrected chi connectivity index (χ0v) is 15.9. The van der Waals surface area contributed by atoms with Gasteiger partial charge in [0.1, 0.15) is 6.54 Å². The molecule has 0 spiro atoms. The van der Waals surface area contributed by atoms with Gasteiger partial charge in [-0.05, 0) is 56.2 Å². The molecule has 0 aliphatic heterocycles. The highest BCUT2D eigenvalue weighted by molar-refractivity contribution is 6.39. The maximum Gasteiger partial charge on any atom is 0.254 e. The molecule has 6 heteroatoms. The summed E-state index contributed by atoms with van der Waals surface area (Å²) in [6.45, 7) is 6.10. The van der Waals surface area contributed by atoms with Gasteiger partial charge in [-0.25, -0.2) is 0 Å². The molecule has 2 aromatic rings. The van der Waals surface area contributed by atoms with Crippen LogP contribution in [0.1, 0.15) is 28.4 Å². The maximum atomic E-state index is 12.7. The van der Waals surface area contributed by atoms with Crippen molar-refractivity contribution in [3.63, 3.8) is 0 Å². The minimum atomic E-state index is -0.353. The lowest BCUT2D eigenvalue weighted by molar-refractivity contribution is -0.116. The van der Waals surface area contributed by atoms with Crippen LogP contribution in [0.5, 0.6) is 0 Å². The molecule has 4 nitrogen and oxygen atoms in total. The lowest BCUT2D eigenvalue weighted by atomic mass is 10.1. The molecule has 0 bridgehead atoms. The van der Waals surface area contributed by atoms with Gasteiger partial charge in [0.2, 0.25) is 5.91 Å². The molecule has 0 fully saturated rings. The first kappa shape index (κ1) is 19.3. The Labute approximate surface area is 157 Å². The van der Waals surface area contributed by atoms with Crippen molar-refractivity contribution >= 4 is 40.7 Å². The second-order valence-corrected chi connectivity index (χ2v) is 6.58. The van der Waals surface area contributed by atoms with E-state index in [2.05, 4.69) is 5.32 Å². The molecule has 0 aliphatic carbocycles. The molecule has 0 saturated heterocycles. The molecule has 2 amide bonds. The number of nitrogens with zero attached hydrogens (tertiary/aromatic N) is 1. The van der Waals surface area contributed by atoms with Gasteiger partial charge in [0.25, 0.3) is 5.91 Å². The number of carbonyl (C=O) groups is 2. The third kappa shape index (κ3) is 4.74. The van der Waals surface area contributed by atoms with Crippen LogP contribution >= 0.6 is 23.2 Å². The molecule has 0 unspecified atom stereocenters. The van der Waals surface area contributed by atoms with Crippen molar-refractivity contribution < 1.29 is 9.59 Å². The lowest BCUT2D eigenvalue weighted by Crippen LogP contribution is -2.38. The molecular weight excluding hydrogens is 359 g/mol. The van der Waals surface area contributed by atoms with Crippen LogP contribution in [0.15, 0.2) is 36.4 Å². The number of para-hydroxylation sites is 1. The molecule has 0 atom stereocenters. The molecule has 2 rings (SSSR count). The van der Waals surface area contributed by atoms with Crippen molar-refractivity contribution in [3.05, 3.63) is 63.1 Å². The number of benzene rings is 2. The van der Waals surface area contributed by atoms with Gasteiger partial charge in [-0.1, -0.05) is 35.3 Å². The van der Waals surface area contributed by atoms with Gasteiger partial charge >= 0.3 is 0 Å². The van der Waals surface area contributed by atoms with Crippen LogP contribution < -0.4 is 5.32 Å². The van der Waals surface area contributed by atoms with E-state index in [1.54, 1.807) is 24.3 Å². The smallest absolute Gasteiger partial charge is 0.254 e. The minimum Gasteiger partial charge on any atom is -0.330 e. The number of nitrogens with one attached hydrogen (secondary N) is 1. The van der Waals surface area contributed by atoms with E-state index in [1.807, 2.05) is 32.9 Å². The standard InChI is InChI=1S/C19H20Cl2N2O2/c1-4-23(19(25)14-9-8-12(2)13(3)10-14)11-17(24)22-18-15(20)6-5-7-16(18)21/h5-10H,4,11H2,1-3H3,(H,22,24). The van der Waals surface area contributed by atoms with Crippen molar-refractivity contribution in [2.45, 2.75) is 20.8 Å². The Kier molecular flexibility index (Phi) is 6.45. The third-order valence-corrected chi connectivity index (χ3v) is 4.61. The number of aryl methyl sites for hydroxylation is 2. The zero-order valence-electron chi connectivity index (χ0n) is 14.4. The van der Waals surface area contributed by atoms with E-state index in [4.69, 9.17) is 23.2 Å². The van der Waals surface area contributed by atoms with E-state index >= 15 is 0 Å². The second-order valence-electron chi connectivity index (χ2n) is 5.76. The highest BCUT2D eigenvalue weighted by atomic mass is 35.5. The van der Waals surface area contributed by atoms with Gasteiger partial charge in [0.05, 0.1) is 15.7 Å². The summed E-state index contributed by atoms with van der Waals surface area (Å²) in [5.74, 6) is -0.542. The van der Waals surface area contributed by atoms with Crippen LogP contribution in [0.3, 0.4) is 0 Å². The average molecular weight is 379 g/mol. The number of hydrogen-bond acceptors (Lipinski definition) is 2. The fourth-order valence-electron chi connectivity index (χ4n) is 2.35. The molecule has 2 aromatic carbocycles. The topological polar surface area (TPSA) is 49.4 Å². The number of likely N-dealkylation sites (N-methyl/N-ethyl adjacent to an activating group) is 1. The zero-order chi connectivity index (χ0) is 18.6. The largest absolute Gasteiger partial charge is 0.330 e. The first-order valence-electron chi connectivity index (χ1n) is 7.93. The van der Waals surface area contributed by atoms with E-state index in [-0.39, 0.29) is 18.4 Å². The van der Waals surface area contributed by atoms with Crippen molar-refractivity contribution in [1.82, 2.24) is 4.90 Å². The summed E-state index contributed by atoms with van der Waals surface area (Å²) in [6, 6.07) is 10.5. The molecule has 0 saturated carbocycles. The number of halogens is 2. The molecule has 0 radical (unpaired) electrons. The summed E-state index contributed by atoms with van der Waals surface area (Å²) >= 11 is 12.1. The van der Waals surface area contributed by atoms with E-state index in [1.165, 1.54) is 4.90 Å². The number of carbonyl (C=O) groups excluding carboxylic acids is 2. The Bertz CT molecular complexity index is 786. The maximum absolute atomic E-state index is 12.7. The van der Waals surface area contributed by atoms with Gasteiger partial charge < -0.3 is 10.2 Å². The Morgan fingerprint density at radius 1 is 1.04 bits per heavy atom. The average Bonchev–Trinajstić information content (AvgIpc) is 2.58. The van der Waals surface area contributed by atoms with Crippen LogP contribution in [-0.4, -0.2) is 29.8 Å². The summed E-state index contributed by atoms with van der Waals surface area (Å²) in [7, 11) is 0. The van der Waals surface area contributed by atoms with Crippen LogP contribution in [-0.2, 0) is 4.79 Å². The molecule has 132 valence electrons.